The van der Waals surface area contributed by atoms with Crippen molar-refractivity contribution in [3.8, 4) is 5.75 Å². The monoisotopic (exact) mass is 484 g/mol. The van der Waals surface area contributed by atoms with Crippen LogP contribution in [0.3, 0.4) is 0 Å². The molecule has 3 aliphatic rings. The number of carbonyl (C=O) groups is 2. The van der Waals surface area contributed by atoms with E-state index in [2.05, 4.69) is 29.3 Å². The Balaban J connectivity index is 1.24. The molecule has 0 bridgehead atoms. The van der Waals surface area contributed by atoms with Crippen molar-refractivity contribution in [2.24, 2.45) is 0 Å². The van der Waals surface area contributed by atoms with E-state index in [-0.39, 0.29) is 17.9 Å². The molecule has 2 N–H and O–H groups in total. The first-order valence-electron chi connectivity index (χ1n) is 12.2. The summed E-state index contributed by atoms with van der Waals surface area (Å²) in [5, 5.41) is 0.910. The Morgan fingerprint density at radius 2 is 1.97 bits per heavy atom. The van der Waals surface area contributed by atoms with Crippen LogP contribution >= 0.6 is 0 Å². The number of fused-ring (bicyclic) bond motifs is 4. The molecule has 0 spiro atoms. The summed E-state index contributed by atoms with van der Waals surface area (Å²) in [6, 6.07) is 11.6. The zero-order chi connectivity index (χ0) is 25.0. The van der Waals surface area contributed by atoms with E-state index in [1.165, 1.54) is 5.57 Å². The average Bonchev–Trinajstić information content (AvgIpc) is 3.56. The van der Waals surface area contributed by atoms with Crippen LogP contribution in [0.5, 0.6) is 5.75 Å². The maximum absolute atomic E-state index is 13.5. The molecule has 2 aromatic carbocycles. The van der Waals surface area contributed by atoms with Crippen LogP contribution in [-0.2, 0) is 22.7 Å². The number of amides is 2. The Kier molecular flexibility index (Phi) is 5.41. The fourth-order valence-electron chi connectivity index (χ4n) is 5.38. The van der Waals surface area contributed by atoms with Crippen LogP contribution in [0.4, 0.5) is 5.82 Å². The van der Waals surface area contributed by atoms with E-state index < -0.39 is 0 Å². The molecule has 0 unspecified atom stereocenters. The van der Waals surface area contributed by atoms with Crippen molar-refractivity contribution in [3.63, 3.8) is 0 Å². The third kappa shape index (κ3) is 3.69. The Morgan fingerprint density at radius 1 is 1.14 bits per heavy atom. The molecule has 1 atom stereocenters. The zero-order valence-electron chi connectivity index (χ0n) is 20.4. The summed E-state index contributed by atoms with van der Waals surface area (Å²) in [4.78, 5) is 33.2. The molecule has 0 fully saturated rings. The predicted octanol–water partition coefficient (Wildman–Crippen LogP) is 3.69. The largest absolute Gasteiger partial charge is 0.491 e. The number of hydrogen-bond acceptors (Lipinski definition) is 6. The number of ether oxygens (including phenoxy) is 2. The molecular formula is C28H28N4O4. The second-order valence-electron chi connectivity index (χ2n) is 9.62. The molecule has 1 aromatic heterocycles. The lowest BCUT2D eigenvalue weighted by Crippen LogP contribution is -2.32. The van der Waals surface area contributed by atoms with Gasteiger partial charge >= 0.3 is 0 Å². The number of hydrogen-bond donors (Lipinski definition) is 1. The number of carbonyl (C=O) groups excluding carboxylic acids is 2. The first-order chi connectivity index (χ1) is 17.4. The Bertz CT molecular complexity index is 1450. The molecule has 0 aliphatic carbocycles. The summed E-state index contributed by atoms with van der Waals surface area (Å²) in [7, 11) is 1.82. The quantitative estimate of drug-likeness (QED) is 0.609. The summed E-state index contributed by atoms with van der Waals surface area (Å²) >= 11 is 0. The van der Waals surface area contributed by atoms with Gasteiger partial charge in [-0.1, -0.05) is 18.2 Å². The van der Waals surface area contributed by atoms with Crippen molar-refractivity contribution >= 4 is 34.1 Å². The Hall–Kier alpha value is -3.91. The van der Waals surface area contributed by atoms with Gasteiger partial charge in [-0.3, -0.25) is 9.59 Å². The lowest BCUT2D eigenvalue weighted by molar-refractivity contribution is -0.128. The van der Waals surface area contributed by atoms with Gasteiger partial charge in [0.15, 0.2) is 0 Å². The lowest BCUT2D eigenvalue weighted by Gasteiger charge is -2.26. The van der Waals surface area contributed by atoms with E-state index >= 15 is 0 Å². The summed E-state index contributed by atoms with van der Waals surface area (Å²) in [6.07, 6.45) is 2.93. The van der Waals surface area contributed by atoms with Crippen molar-refractivity contribution in [1.82, 2.24) is 14.8 Å². The maximum Gasteiger partial charge on any atom is 0.254 e. The summed E-state index contributed by atoms with van der Waals surface area (Å²) < 4.78 is 11.6. The molecule has 0 radical (unpaired) electrons. The molecule has 8 heteroatoms. The Morgan fingerprint density at radius 3 is 2.75 bits per heavy atom. The fourth-order valence-corrected chi connectivity index (χ4v) is 5.38. The molecule has 3 aromatic rings. The van der Waals surface area contributed by atoms with Gasteiger partial charge in [-0.25, -0.2) is 4.98 Å². The third-order valence-electron chi connectivity index (χ3n) is 7.56. The van der Waals surface area contributed by atoms with Crippen molar-refractivity contribution < 1.29 is 19.1 Å². The minimum Gasteiger partial charge on any atom is -0.491 e. The predicted molar refractivity (Wildman–Crippen MR) is 136 cm³/mol. The number of nitrogens with zero attached hydrogens (tertiary/aromatic N) is 3. The van der Waals surface area contributed by atoms with Gasteiger partial charge in [0.1, 0.15) is 18.2 Å². The number of aromatic nitrogens is 1. The fraction of sp³-hybridized carbons (Fsp3) is 0.321. The molecule has 8 nitrogen and oxygen atoms in total. The van der Waals surface area contributed by atoms with Gasteiger partial charge in [0.05, 0.1) is 24.8 Å². The maximum atomic E-state index is 13.5. The van der Waals surface area contributed by atoms with Crippen LogP contribution in [0.1, 0.15) is 52.0 Å². The molecule has 0 saturated heterocycles. The molecule has 3 aliphatic heterocycles. The van der Waals surface area contributed by atoms with Gasteiger partial charge < -0.3 is 25.0 Å². The van der Waals surface area contributed by atoms with Crippen LogP contribution in [-0.4, -0.2) is 53.3 Å². The van der Waals surface area contributed by atoms with E-state index in [1.54, 1.807) is 17.9 Å². The number of likely N-dealkylation sites (N-methyl/N-ethyl adjacent to an activating group) is 1. The third-order valence-corrected chi connectivity index (χ3v) is 7.56. The van der Waals surface area contributed by atoms with Gasteiger partial charge in [-0.05, 0) is 47.4 Å². The topological polar surface area (TPSA) is 98.0 Å². The highest BCUT2D eigenvalue weighted by atomic mass is 16.5. The number of benzene rings is 2. The van der Waals surface area contributed by atoms with Crippen LogP contribution in [0.15, 0.2) is 42.5 Å². The number of rotatable bonds is 3. The van der Waals surface area contributed by atoms with Crippen molar-refractivity contribution in [2.45, 2.75) is 32.6 Å². The SMILES string of the molecule is CC(=O)N1CC=C(c2ccc3c(c2)OC[C@H]3N(C)C(=O)c2ccc3nc(N)c4c(c3c2)COC4)CC1. The molecule has 36 heavy (non-hydrogen) atoms. The summed E-state index contributed by atoms with van der Waals surface area (Å²) in [5.74, 6) is 1.32. The van der Waals surface area contributed by atoms with Crippen molar-refractivity contribution in [2.75, 3.05) is 32.5 Å². The van der Waals surface area contributed by atoms with E-state index in [4.69, 9.17) is 15.2 Å². The Labute approximate surface area is 209 Å². The molecule has 184 valence electrons. The highest BCUT2D eigenvalue weighted by molar-refractivity contribution is 5.99. The minimum atomic E-state index is -0.177. The molecule has 6 rings (SSSR count). The van der Waals surface area contributed by atoms with E-state index in [0.717, 1.165) is 51.9 Å². The van der Waals surface area contributed by atoms with Gasteiger partial charge in [-0.15, -0.1) is 0 Å². The van der Waals surface area contributed by atoms with Crippen LogP contribution in [0.2, 0.25) is 0 Å². The smallest absolute Gasteiger partial charge is 0.254 e. The van der Waals surface area contributed by atoms with Gasteiger partial charge in [0.2, 0.25) is 5.91 Å². The standard InChI is InChI=1S/C28H28N4O4/c1-16(33)32-9-7-17(8-10-32)18-3-5-20-25(15-36-26(20)12-18)31(2)28(34)19-4-6-24-21(11-19)22-13-35-14-23(22)27(29)30-24/h3-7,11-12,25H,8-10,13-15H2,1-2H3,(H2,29,30)/t25-/m1/s1. The van der Waals surface area contributed by atoms with E-state index in [9.17, 15) is 9.59 Å². The van der Waals surface area contributed by atoms with E-state index in [0.29, 0.717) is 37.7 Å². The number of nitrogens with two attached hydrogens (primary N) is 1. The average molecular weight is 485 g/mol. The number of pyridine rings is 1. The van der Waals surface area contributed by atoms with Gasteiger partial charge in [0.25, 0.3) is 5.91 Å². The molecular weight excluding hydrogens is 456 g/mol. The number of anilines is 1. The van der Waals surface area contributed by atoms with Crippen LogP contribution < -0.4 is 10.5 Å². The second-order valence-corrected chi connectivity index (χ2v) is 9.62. The second kappa shape index (κ2) is 8.64. The normalized spacial score (nSPS) is 18.4. The molecule has 0 saturated carbocycles. The minimum absolute atomic E-state index is 0.0776. The first kappa shape index (κ1) is 22.5. The van der Waals surface area contributed by atoms with Gasteiger partial charge in [-0.2, -0.15) is 0 Å². The summed E-state index contributed by atoms with van der Waals surface area (Å²) in [5.41, 5.74) is 12.7. The van der Waals surface area contributed by atoms with E-state index in [1.807, 2.05) is 24.1 Å². The first-order valence-corrected chi connectivity index (χ1v) is 12.2. The van der Waals surface area contributed by atoms with Crippen LogP contribution in [0, 0.1) is 0 Å². The zero-order valence-corrected chi connectivity index (χ0v) is 20.4. The molecule has 2 amide bonds. The van der Waals surface area contributed by atoms with Crippen LogP contribution in [0.25, 0.3) is 16.5 Å². The number of nitrogen functional groups attached to an aromatic ring is 1. The molecule has 4 heterocycles. The highest BCUT2D eigenvalue weighted by Crippen LogP contribution is 2.39. The van der Waals surface area contributed by atoms with Crippen molar-refractivity contribution in [1.29, 1.82) is 0 Å². The highest BCUT2D eigenvalue weighted by Gasteiger charge is 2.32. The lowest BCUT2D eigenvalue weighted by atomic mass is 9.96. The van der Waals surface area contributed by atoms with Gasteiger partial charge in [0, 0.05) is 49.1 Å². The summed E-state index contributed by atoms with van der Waals surface area (Å²) in [6.45, 7) is 4.29. The van der Waals surface area contributed by atoms with Crippen molar-refractivity contribution in [3.05, 3.63) is 70.3 Å².